The monoisotopic (exact) mass is 488 g/mol. The smallest absolute Gasteiger partial charge is 0.336 e. The first-order chi connectivity index (χ1) is 15.0. The quantitative estimate of drug-likeness (QED) is 0.114. The zero-order chi connectivity index (χ0) is 26.8. The number of carbonyl (C=O) groups is 6. The molecule has 0 atom stereocenters. The number of hydrogen-bond donors (Lipinski definition) is 10. The van der Waals surface area contributed by atoms with Gasteiger partial charge in [-0.2, -0.15) is 0 Å². The summed E-state index contributed by atoms with van der Waals surface area (Å²) in [6.07, 6.45) is -2.00. The predicted octanol–water partition coefficient (Wildman–Crippen LogP) is -2.36. The van der Waals surface area contributed by atoms with Crippen LogP contribution in [0.25, 0.3) is 0 Å². The molecule has 0 aromatic rings. The van der Waals surface area contributed by atoms with Crippen LogP contribution in [-0.2, 0) is 28.8 Å². The summed E-state index contributed by atoms with van der Waals surface area (Å²) in [5.41, 5.74) is -5.48. The van der Waals surface area contributed by atoms with Crippen LogP contribution in [0.5, 0.6) is 0 Å². The van der Waals surface area contributed by atoms with Gasteiger partial charge < -0.3 is 51.1 Å². The van der Waals surface area contributed by atoms with Crippen molar-refractivity contribution in [3.8, 4) is 0 Å². The molecule has 10 N–H and O–H groups in total. The third kappa shape index (κ3) is 19.1. The van der Waals surface area contributed by atoms with Gasteiger partial charge in [-0.05, 0) is 19.3 Å². The molecule has 0 aliphatic rings. The van der Waals surface area contributed by atoms with Gasteiger partial charge in [0.2, 0.25) is 0 Å². The highest BCUT2D eigenvalue weighted by atomic mass is 16.4. The second-order valence-electron chi connectivity index (χ2n) is 6.46. The lowest BCUT2D eigenvalue weighted by Crippen LogP contribution is -2.42. The van der Waals surface area contributed by atoms with Gasteiger partial charge >= 0.3 is 35.8 Å². The van der Waals surface area contributed by atoms with Crippen molar-refractivity contribution in [3.05, 3.63) is 0 Å². The van der Waals surface area contributed by atoms with E-state index < -0.39 is 72.7 Å². The molecule has 16 heteroatoms. The SMILES string of the molecule is O=C(O)CC(O)(CC(=O)O)C(=O)O.O=C(O)CC(O)(CC(=O)O)C(=O)O.OCCCCCO. The fraction of sp³-hybridized carbons (Fsp3) is 0.647. The molecule has 0 bridgehead atoms. The van der Waals surface area contributed by atoms with Crippen LogP contribution in [0.2, 0.25) is 0 Å². The first-order valence-electron chi connectivity index (χ1n) is 8.97. The van der Waals surface area contributed by atoms with Crippen molar-refractivity contribution in [1.82, 2.24) is 0 Å². The number of aliphatic hydroxyl groups is 4. The van der Waals surface area contributed by atoms with Gasteiger partial charge in [-0.1, -0.05) is 0 Å². The molecule has 33 heavy (non-hydrogen) atoms. The molecule has 0 aromatic carbocycles. The maximum absolute atomic E-state index is 10.3. The number of rotatable bonds is 14. The highest BCUT2D eigenvalue weighted by molar-refractivity contribution is 5.88. The number of hydrogen-bond acceptors (Lipinski definition) is 10. The van der Waals surface area contributed by atoms with Gasteiger partial charge in [-0.3, -0.25) is 19.2 Å². The predicted molar refractivity (Wildman–Crippen MR) is 102 cm³/mol. The standard InChI is InChI=1S/2C6H8O7.C5H12O2/c2*7-3(8)1-6(13,5(11)12)2-4(9)10;6-4-2-1-3-5-7/h2*13H,1-2H2,(H,7,8)(H,9,10)(H,11,12);6-7H,1-5H2. The van der Waals surface area contributed by atoms with E-state index in [0.29, 0.717) is 0 Å². The van der Waals surface area contributed by atoms with Crippen molar-refractivity contribution in [2.45, 2.75) is 56.1 Å². The summed E-state index contributed by atoms with van der Waals surface area (Å²) in [6, 6.07) is 0. The Morgan fingerprint density at radius 3 is 0.788 bits per heavy atom. The minimum absolute atomic E-state index is 0.250. The number of carboxylic acid groups (broad SMARTS) is 6. The van der Waals surface area contributed by atoms with Gasteiger partial charge in [0, 0.05) is 13.2 Å². The number of aliphatic carboxylic acids is 6. The minimum Gasteiger partial charge on any atom is -0.481 e. The zero-order valence-electron chi connectivity index (χ0n) is 17.3. The summed E-state index contributed by atoms with van der Waals surface area (Å²) in [6.45, 7) is 0.500. The fourth-order valence-corrected chi connectivity index (χ4v) is 1.83. The third-order valence-corrected chi connectivity index (χ3v) is 3.39. The number of aliphatic hydroxyl groups excluding tert-OH is 2. The van der Waals surface area contributed by atoms with E-state index in [0.717, 1.165) is 19.3 Å². The largest absolute Gasteiger partial charge is 0.481 e. The fourth-order valence-electron chi connectivity index (χ4n) is 1.83. The topological polar surface area (TPSA) is 305 Å². The van der Waals surface area contributed by atoms with Gasteiger partial charge in [0.25, 0.3) is 0 Å². The van der Waals surface area contributed by atoms with Gasteiger partial charge in [0.1, 0.15) is 0 Å². The molecule has 16 nitrogen and oxygen atoms in total. The van der Waals surface area contributed by atoms with Crippen LogP contribution in [0.15, 0.2) is 0 Å². The molecule has 0 unspecified atom stereocenters. The average Bonchev–Trinajstić information content (AvgIpc) is 2.60. The minimum atomic E-state index is -2.74. The molecule has 0 rings (SSSR count). The van der Waals surface area contributed by atoms with Crippen molar-refractivity contribution in [2.24, 2.45) is 0 Å². The van der Waals surface area contributed by atoms with Crippen LogP contribution < -0.4 is 0 Å². The highest BCUT2D eigenvalue weighted by Gasteiger charge is 2.41. The van der Waals surface area contributed by atoms with E-state index in [4.69, 9.17) is 51.1 Å². The Bertz CT molecular complexity index is 582. The molecule has 0 amide bonds. The number of carboxylic acids is 6. The third-order valence-electron chi connectivity index (χ3n) is 3.39. The Morgan fingerprint density at radius 1 is 0.455 bits per heavy atom. The van der Waals surface area contributed by atoms with Gasteiger partial charge in [-0.15, -0.1) is 0 Å². The summed E-state index contributed by atoms with van der Waals surface area (Å²) in [5, 5.41) is 84.0. The van der Waals surface area contributed by atoms with Crippen molar-refractivity contribution in [2.75, 3.05) is 13.2 Å². The van der Waals surface area contributed by atoms with Crippen LogP contribution in [0.1, 0.15) is 44.9 Å². The van der Waals surface area contributed by atoms with E-state index in [2.05, 4.69) is 0 Å². The average molecular weight is 488 g/mol. The first kappa shape index (κ1) is 34.3. The van der Waals surface area contributed by atoms with E-state index in [1.54, 1.807) is 0 Å². The molecule has 0 heterocycles. The molecule has 0 aromatic heterocycles. The van der Waals surface area contributed by atoms with Gasteiger partial charge in [0.05, 0.1) is 25.7 Å². The maximum atomic E-state index is 10.3. The van der Waals surface area contributed by atoms with Crippen LogP contribution in [0, 0.1) is 0 Å². The summed E-state index contributed by atoms with van der Waals surface area (Å²) >= 11 is 0. The lowest BCUT2D eigenvalue weighted by molar-refractivity contribution is -0.170. The Kier molecular flexibility index (Phi) is 17.9. The van der Waals surface area contributed by atoms with Crippen LogP contribution in [0.4, 0.5) is 0 Å². The van der Waals surface area contributed by atoms with Crippen molar-refractivity contribution >= 4 is 35.8 Å². The summed E-state index contributed by atoms with van der Waals surface area (Å²) in [4.78, 5) is 61.0. The van der Waals surface area contributed by atoms with Crippen LogP contribution in [0.3, 0.4) is 0 Å². The second-order valence-corrected chi connectivity index (χ2v) is 6.46. The normalized spacial score (nSPS) is 10.5. The van der Waals surface area contributed by atoms with E-state index in [1.807, 2.05) is 0 Å². The molecule has 0 saturated heterocycles. The van der Waals surface area contributed by atoms with E-state index in [1.165, 1.54) is 0 Å². The molecular formula is C17H28O16. The highest BCUT2D eigenvalue weighted by Crippen LogP contribution is 2.16. The molecule has 0 spiro atoms. The lowest BCUT2D eigenvalue weighted by atomic mass is 9.96. The number of unbranched alkanes of at least 4 members (excludes halogenated alkanes) is 2. The Hall–Kier alpha value is -3.34. The molecule has 0 saturated carbocycles. The van der Waals surface area contributed by atoms with E-state index in [9.17, 15) is 28.8 Å². The second kappa shape index (κ2) is 17.2. The Balaban J connectivity index is -0.000000429. The lowest BCUT2D eigenvalue weighted by Gasteiger charge is -2.18. The van der Waals surface area contributed by atoms with Crippen molar-refractivity contribution in [1.29, 1.82) is 0 Å². The molecule has 192 valence electrons. The molecule has 0 aliphatic heterocycles. The molecular weight excluding hydrogens is 460 g/mol. The molecule has 0 radical (unpaired) electrons. The Morgan fingerprint density at radius 2 is 0.667 bits per heavy atom. The Labute approximate surface area is 186 Å². The molecule has 0 aliphatic carbocycles. The van der Waals surface area contributed by atoms with Crippen molar-refractivity contribution < 1.29 is 79.8 Å². The first-order valence-corrected chi connectivity index (χ1v) is 8.97. The summed E-state index contributed by atoms with van der Waals surface area (Å²) in [5.74, 6) is -10.0. The van der Waals surface area contributed by atoms with Crippen LogP contribution >= 0.6 is 0 Å². The zero-order valence-corrected chi connectivity index (χ0v) is 17.3. The van der Waals surface area contributed by atoms with E-state index in [-0.39, 0.29) is 13.2 Å². The van der Waals surface area contributed by atoms with Crippen molar-refractivity contribution in [3.63, 3.8) is 0 Å². The van der Waals surface area contributed by atoms with Gasteiger partial charge in [0.15, 0.2) is 11.2 Å². The molecule has 0 fully saturated rings. The van der Waals surface area contributed by atoms with Crippen LogP contribution in [-0.4, -0.2) is 111 Å². The summed E-state index contributed by atoms with van der Waals surface area (Å²) < 4.78 is 0. The van der Waals surface area contributed by atoms with E-state index >= 15 is 0 Å². The summed E-state index contributed by atoms with van der Waals surface area (Å²) in [7, 11) is 0. The maximum Gasteiger partial charge on any atom is 0.336 e. The van der Waals surface area contributed by atoms with Gasteiger partial charge in [-0.25, -0.2) is 9.59 Å².